The molecule has 1 unspecified atom stereocenters. The molecular weight excluding hydrogens is 406 g/mol. The van der Waals surface area contributed by atoms with Crippen LogP contribution in [0.4, 0.5) is 0 Å². The molecule has 6 nitrogen and oxygen atoms in total. The second kappa shape index (κ2) is 11.7. The quantitative estimate of drug-likeness (QED) is 0.463. The third-order valence-corrected chi connectivity index (χ3v) is 6.28. The van der Waals surface area contributed by atoms with Crippen molar-refractivity contribution >= 4 is 17.7 Å². The Labute approximate surface area is 189 Å². The summed E-state index contributed by atoms with van der Waals surface area (Å²) < 4.78 is 1.91. The number of aryl methyl sites for hydroxylation is 1. The molecule has 0 fully saturated rings. The van der Waals surface area contributed by atoms with Crippen molar-refractivity contribution in [1.29, 1.82) is 0 Å². The average Bonchev–Trinajstić information content (AvgIpc) is 3.26. The van der Waals surface area contributed by atoms with Crippen molar-refractivity contribution in [3.8, 4) is 5.69 Å². The van der Waals surface area contributed by atoms with Crippen LogP contribution >= 0.6 is 11.8 Å². The molecule has 31 heavy (non-hydrogen) atoms. The lowest BCUT2D eigenvalue weighted by molar-refractivity contribution is -0.118. The van der Waals surface area contributed by atoms with Gasteiger partial charge in [-0.05, 0) is 44.1 Å². The van der Waals surface area contributed by atoms with Crippen LogP contribution in [0.2, 0.25) is 0 Å². The molecule has 0 spiro atoms. The van der Waals surface area contributed by atoms with E-state index < -0.39 is 0 Å². The van der Waals surface area contributed by atoms with Crippen molar-refractivity contribution in [1.82, 2.24) is 25.0 Å². The minimum Gasteiger partial charge on any atom is -0.354 e. The van der Waals surface area contributed by atoms with E-state index in [1.807, 2.05) is 22.8 Å². The molecule has 0 radical (unpaired) electrons. The Hall–Kier alpha value is -2.64. The molecule has 0 bridgehead atoms. The number of nitrogens with one attached hydrogen (secondary N) is 1. The summed E-state index contributed by atoms with van der Waals surface area (Å²) in [5, 5.41) is 12.0. The summed E-state index contributed by atoms with van der Waals surface area (Å²) in [4.78, 5) is 15.0. The summed E-state index contributed by atoms with van der Waals surface area (Å²) in [5.41, 5.74) is 3.47. The number of rotatable bonds is 11. The van der Waals surface area contributed by atoms with Crippen LogP contribution in [-0.4, -0.2) is 57.0 Å². The Morgan fingerprint density at radius 1 is 1.10 bits per heavy atom. The predicted octanol–water partition coefficient (Wildman–Crippen LogP) is 3.74. The SMILES string of the molecule is CCN(CC)C(CNC(=O)CSc1nncn1-c1ccc(C)cc1)Cc1ccccc1. The number of benzene rings is 2. The number of aromatic nitrogens is 3. The van der Waals surface area contributed by atoms with E-state index in [9.17, 15) is 4.79 Å². The Kier molecular flexibility index (Phi) is 8.67. The standard InChI is InChI=1S/C24H31N5OS/c1-4-28(5-2)22(15-20-9-7-6-8-10-20)16-25-23(30)17-31-24-27-26-18-29(24)21-13-11-19(3)12-14-21/h6-14,18,22H,4-5,15-17H2,1-3H3,(H,25,30). The van der Waals surface area contributed by atoms with Gasteiger partial charge in [0.2, 0.25) is 5.91 Å². The van der Waals surface area contributed by atoms with Crippen LogP contribution in [-0.2, 0) is 11.2 Å². The van der Waals surface area contributed by atoms with E-state index in [-0.39, 0.29) is 11.9 Å². The van der Waals surface area contributed by atoms with Crippen LogP contribution in [0.1, 0.15) is 25.0 Å². The lowest BCUT2D eigenvalue weighted by Crippen LogP contribution is -2.45. The van der Waals surface area contributed by atoms with Gasteiger partial charge in [0.1, 0.15) is 6.33 Å². The van der Waals surface area contributed by atoms with Gasteiger partial charge in [-0.3, -0.25) is 14.3 Å². The van der Waals surface area contributed by atoms with Crippen molar-refractivity contribution in [3.63, 3.8) is 0 Å². The lowest BCUT2D eigenvalue weighted by Gasteiger charge is -2.30. The van der Waals surface area contributed by atoms with E-state index in [1.165, 1.54) is 22.9 Å². The van der Waals surface area contributed by atoms with Gasteiger partial charge in [0, 0.05) is 18.3 Å². The molecule has 1 amide bonds. The van der Waals surface area contributed by atoms with Gasteiger partial charge >= 0.3 is 0 Å². The van der Waals surface area contributed by atoms with Gasteiger partial charge in [0.05, 0.1) is 5.75 Å². The van der Waals surface area contributed by atoms with E-state index in [0.29, 0.717) is 17.5 Å². The molecule has 3 aromatic rings. The molecule has 0 saturated carbocycles. The maximum absolute atomic E-state index is 12.6. The smallest absolute Gasteiger partial charge is 0.230 e. The third-order valence-electron chi connectivity index (χ3n) is 5.34. The molecular formula is C24H31N5OS. The van der Waals surface area contributed by atoms with Gasteiger partial charge in [0.15, 0.2) is 5.16 Å². The van der Waals surface area contributed by atoms with E-state index in [2.05, 4.69) is 77.6 Å². The van der Waals surface area contributed by atoms with Gasteiger partial charge in [-0.2, -0.15) is 0 Å². The number of carbonyl (C=O) groups is 1. The monoisotopic (exact) mass is 437 g/mol. The highest BCUT2D eigenvalue weighted by atomic mass is 32.2. The van der Waals surface area contributed by atoms with Crippen LogP contribution in [0.25, 0.3) is 5.69 Å². The number of hydrogen-bond donors (Lipinski definition) is 1. The average molecular weight is 438 g/mol. The van der Waals surface area contributed by atoms with Crippen molar-refractivity contribution in [2.75, 3.05) is 25.4 Å². The minimum absolute atomic E-state index is 0.00803. The summed E-state index contributed by atoms with van der Waals surface area (Å²) in [7, 11) is 0. The molecule has 164 valence electrons. The zero-order valence-electron chi connectivity index (χ0n) is 18.5. The largest absolute Gasteiger partial charge is 0.354 e. The van der Waals surface area contributed by atoms with Crippen molar-refractivity contribution in [2.45, 2.75) is 38.4 Å². The Balaban J connectivity index is 1.56. The number of carbonyl (C=O) groups excluding carboxylic acids is 1. The normalized spacial score (nSPS) is 12.1. The van der Waals surface area contributed by atoms with Crippen LogP contribution < -0.4 is 5.32 Å². The van der Waals surface area contributed by atoms with Gasteiger partial charge in [-0.15, -0.1) is 10.2 Å². The molecule has 7 heteroatoms. The molecule has 1 N–H and O–H groups in total. The highest BCUT2D eigenvalue weighted by Gasteiger charge is 2.18. The highest BCUT2D eigenvalue weighted by molar-refractivity contribution is 7.99. The second-order valence-corrected chi connectivity index (χ2v) is 8.42. The molecule has 0 aliphatic rings. The fraction of sp³-hybridized carbons (Fsp3) is 0.375. The maximum Gasteiger partial charge on any atom is 0.230 e. The first-order valence-electron chi connectivity index (χ1n) is 10.7. The lowest BCUT2D eigenvalue weighted by atomic mass is 10.0. The second-order valence-electron chi connectivity index (χ2n) is 7.48. The number of thioether (sulfide) groups is 1. The van der Waals surface area contributed by atoms with Crippen molar-refractivity contribution in [2.24, 2.45) is 0 Å². The highest BCUT2D eigenvalue weighted by Crippen LogP contribution is 2.19. The fourth-order valence-corrected chi connectivity index (χ4v) is 4.33. The first kappa shape index (κ1) is 23.0. The molecule has 1 heterocycles. The van der Waals surface area contributed by atoms with Crippen molar-refractivity contribution < 1.29 is 4.79 Å². The van der Waals surface area contributed by atoms with E-state index in [4.69, 9.17) is 0 Å². The van der Waals surface area contributed by atoms with Crippen LogP contribution in [0, 0.1) is 6.92 Å². The minimum atomic E-state index is 0.00803. The molecule has 0 aliphatic heterocycles. The number of likely N-dealkylation sites (N-methyl/N-ethyl adjacent to an activating group) is 1. The maximum atomic E-state index is 12.6. The van der Waals surface area contributed by atoms with E-state index in [0.717, 1.165) is 25.2 Å². The molecule has 3 rings (SSSR count). The topological polar surface area (TPSA) is 63.1 Å². The van der Waals surface area contributed by atoms with Gasteiger partial charge in [0.25, 0.3) is 0 Å². The Bertz CT molecular complexity index is 938. The zero-order valence-corrected chi connectivity index (χ0v) is 19.3. The predicted molar refractivity (Wildman–Crippen MR) is 127 cm³/mol. The molecule has 1 aromatic heterocycles. The summed E-state index contributed by atoms with van der Waals surface area (Å²) in [6, 6.07) is 18.9. The van der Waals surface area contributed by atoms with Gasteiger partial charge < -0.3 is 5.32 Å². The Morgan fingerprint density at radius 3 is 2.48 bits per heavy atom. The molecule has 0 saturated heterocycles. The van der Waals surface area contributed by atoms with Crippen LogP contribution in [0.5, 0.6) is 0 Å². The number of nitrogens with zero attached hydrogens (tertiary/aromatic N) is 4. The summed E-state index contributed by atoms with van der Waals surface area (Å²) in [6.45, 7) is 8.92. The van der Waals surface area contributed by atoms with Crippen molar-refractivity contribution in [3.05, 3.63) is 72.1 Å². The van der Waals surface area contributed by atoms with E-state index in [1.54, 1.807) is 6.33 Å². The van der Waals surface area contributed by atoms with Crippen LogP contribution in [0.15, 0.2) is 66.1 Å². The first-order valence-corrected chi connectivity index (χ1v) is 11.7. The first-order chi connectivity index (χ1) is 15.1. The fourth-order valence-electron chi connectivity index (χ4n) is 3.57. The van der Waals surface area contributed by atoms with E-state index >= 15 is 0 Å². The molecule has 0 aliphatic carbocycles. The van der Waals surface area contributed by atoms with Gasteiger partial charge in [-0.1, -0.05) is 73.6 Å². The summed E-state index contributed by atoms with van der Waals surface area (Å²) in [5.74, 6) is 0.314. The number of hydrogen-bond acceptors (Lipinski definition) is 5. The molecule has 1 atom stereocenters. The number of amides is 1. The molecule has 2 aromatic carbocycles. The zero-order chi connectivity index (χ0) is 22.1. The summed E-state index contributed by atoms with van der Waals surface area (Å²) >= 11 is 1.40. The third kappa shape index (κ3) is 6.67. The van der Waals surface area contributed by atoms with Gasteiger partial charge in [-0.25, -0.2) is 0 Å². The summed E-state index contributed by atoms with van der Waals surface area (Å²) in [6.07, 6.45) is 2.60. The van der Waals surface area contributed by atoms with Crippen LogP contribution in [0.3, 0.4) is 0 Å². The Morgan fingerprint density at radius 2 is 1.81 bits per heavy atom.